The average molecular weight is 294 g/mol. The van der Waals surface area contributed by atoms with Gasteiger partial charge in [-0.2, -0.15) is 5.10 Å². The molecule has 0 atom stereocenters. The van der Waals surface area contributed by atoms with Crippen LogP contribution in [-0.2, 0) is 17.1 Å². The van der Waals surface area contributed by atoms with Crippen LogP contribution in [-0.4, -0.2) is 30.2 Å². The molecule has 0 unspecified atom stereocenters. The van der Waals surface area contributed by atoms with Gasteiger partial charge in [-0.3, -0.25) is 19.1 Å². The molecule has 3 rings (SSSR count). The van der Waals surface area contributed by atoms with E-state index in [9.17, 15) is 18.5 Å². The molecular weight excluding hydrogens is 284 g/mol. The summed E-state index contributed by atoms with van der Waals surface area (Å²) in [4.78, 5) is 10.4. The van der Waals surface area contributed by atoms with E-state index < -0.39 is 14.9 Å². The quantitative estimate of drug-likeness (QED) is 0.580. The fourth-order valence-corrected chi connectivity index (χ4v) is 3.67. The van der Waals surface area contributed by atoms with Gasteiger partial charge in [0, 0.05) is 31.8 Å². The fourth-order valence-electron chi connectivity index (χ4n) is 2.29. The van der Waals surface area contributed by atoms with Crippen LogP contribution in [0.5, 0.6) is 0 Å². The molecule has 1 aliphatic heterocycles. The molecule has 0 saturated carbocycles. The van der Waals surface area contributed by atoms with Gasteiger partial charge in [-0.15, -0.1) is 0 Å². The Hall–Kier alpha value is -2.42. The zero-order chi connectivity index (χ0) is 14.7. The van der Waals surface area contributed by atoms with Crippen molar-refractivity contribution in [2.45, 2.75) is 4.90 Å². The highest BCUT2D eigenvalue weighted by atomic mass is 32.2. The number of nitro benzene ring substituents is 1. The normalized spacial score (nSPS) is 15.6. The molecule has 104 valence electrons. The molecule has 2 aromatic rings. The molecule has 0 bridgehead atoms. The minimum Gasteiger partial charge on any atom is -0.269 e. The predicted molar refractivity (Wildman–Crippen MR) is 70.9 cm³/mol. The van der Waals surface area contributed by atoms with Gasteiger partial charge in [-0.1, -0.05) is 0 Å². The van der Waals surface area contributed by atoms with Gasteiger partial charge in [0.2, 0.25) is 0 Å². The number of benzene rings is 1. The summed E-state index contributed by atoms with van der Waals surface area (Å²) in [6.45, 7) is 0. The Bertz CT molecular complexity index is 840. The topological polar surface area (TPSA) is 98.3 Å². The van der Waals surface area contributed by atoms with E-state index in [1.807, 2.05) is 0 Å². The van der Waals surface area contributed by atoms with E-state index in [0.717, 1.165) is 4.31 Å². The first-order valence-corrected chi connectivity index (χ1v) is 7.08. The number of fused-ring (bicyclic) bond motifs is 3. The summed E-state index contributed by atoms with van der Waals surface area (Å²) in [5.41, 5.74) is 1.14. The zero-order valence-electron chi connectivity index (χ0n) is 10.6. The monoisotopic (exact) mass is 294 g/mol. The highest BCUT2D eigenvalue weighted by Crippen LogP contribution is 2.43. The number of non-ortho nitro benzene ring substituents is 1. The molecule has 1 aromatic heterocycles. The van der Waals surface area contributed by atoms with E-state index in [2.05, 4.69) is 5.10 Å². The van der Waals surface area contributed by atoms with Crippen LogP contribution in [0.4, 0.5) is 11.4 Å². The van der Waals surface area contributed by atoms with Gasteiger partial charge in [0.1, 0.15) is 4.90 Å². The molecule has 1 aromatic carbocycles. The van der Waals surface area contributed by atoms with E-state index in [1.165, 1.54) is 36.1 Å². The maximum atomic E-state index is 12.3. The van der Waals surface area contributed by atoms with Crippen LogP contribution in [0.1, 0.15) is 0 Å². The number of hydrogen-bond acceptors (Lipinski definition) is 5. The Balaban J connectivity index is 2.41. The van der Waals surface area contributed by atoms with Gasteiger partial charge in [0.15, 0.2) is 0 Å². The first kappa shape index (κ1) is 12.6. The second-order valence-electron chi connectivity index (χ2n) is 4.41. The van der Waals surface area contributed by atoms with Crippen molar-refractivity contribution in [2.75, 3.05) is 11.4 Å². The van der Waals surface area contributed by atoms with Crippen LogP contribution < -0.4 is 4.31 Å². The minimum absolute atomic E-state index is 0.0514. The molecular formula is C11H10N4O4S. The zero-order valence-corrected chi connectivity index (χ0v) is 11.5. The third-order valence-electron chi connectivity index (χ3n) is 3.33. The lowest BCUT2D eigenvalue weighted by atomic mass is 10.1. The summed E-state index contributed by atoms with van der Waals surface area (Å²) in [5, 5.41) is 14.8. The van der Waals surface area contributed by atoms with Crippen molar-refractivity contribution in [3.05, 3.63) is 34.5 Å². The molecule has 0 radical (unpaired) electrons. The summed E-state index contributed by atoms with van der Waals surface area (Å²) < 4.78 is 27.2. The number of anilines is 1. The summed E-state index contributed by atoms with van der Waals surface area (Å²) in [7, 11) is -0.654. The minimum atomic E-state index is -3.67. The number of rotatable bonds is 1. The Morgan fingerprint density at radius 3 is 2.65 bits per heavy atom. The first-order valence-electron chi connectivity index (χ1n) is 5.64. The fraction of sp³-hybridized carbons (Fsp3) is 0.182. The van der Waals surface area contributed by atoms with Gasteiger partial charge < -0.3 is 0 Å². The molecule has 0 spiro atoms. The second kappa shape index (κ2) is 3.79. The molecule has 20 heavy (non-hydrogen) atoms. The molecule has 0 amide bonds. The molecule has 0 fully saturated rings. The maximum absolute atomic E-state index is 12.3. The lowest BCUT2D eigenvalue weighted by molar-refractivity contribution is -0.384. The van der Waals surface area contributed by atoms with Crippen molar-refractivity contribution in [3.8, 4) is 11.3 Å². The van der Waals surface area contributed by atoms with Crippen LogP contribution >= 0.6 is 0 Å². The third kappa shape index (κ3) is 1.46. The number of aromatic nitrogens is 2. The molecule has 0 aliphatic carbocycles. The van der Waals surface area contributed by atoms with Gasteiger partial charge in [0.25, 0.3) is 15.7 Å². The van der Waals surface area contributed by atoms with Crippen LogP contribution in [0.15, 0.2) is 29.3 Å². The number of nitro groups is 1. The lowest BCUT2D eigenvalue weighted by Crippen LogP contribution is -2.30. The number of aryl methyl sites for hydroxylation is 1. The number of nitrogens with zero attached hydrogens (tertiary/aromatic N) is 4. The lowest BCUT2D eigenvalue weighted by Gasteiger charge is -2.26. The summed E-state index contributed by atoms with van der Waals surface area (Å²) in [6.07, 6.45) is 1.25. The Morgan fingerprint density at radius 1 is 1.30 bits per heavy atom. The number of sulfonamides is 1. The highest BCUT2D eigenvalue weighted by molar-refractivity contribution is 7.93. The van der Waals surface area contributed by atoms with Gasteiger partial charge in [-0.05, 0) is 6.07 Å². The van der Waals surface area contributed by atoms with Crippen molar-refractivity contribution in [2.24, 2.45) is 7.05 Å². The first-order chi connectivity index (χ1) is 9.34. The Labute approximate surface area is 114 Å². The summed E-state index contributed by atoms with van der Waals surface area (Å²) in [5.74, 6) is 0. The largest absolute Gasteiger partial charge is 0.270 e. The molecule has 9 heteroatoms. The van der Waals surface area contributed by atoms with Crippen molar-refractivity contribution in [1.82, 2.24) is 9.78 Å². The highest BCUT2D eigenvalue weighted by Gasteiger charge is 2.36. The van der Waals surface area contributed by atoms with Crippen LogP contribution in [0.2, 0.25) is 0 Å². The molecule has 8 nitrogen and oxygen atoms in total. The van der Waals surface area contributed by atoms with E-state index in [0.29, 0.717) is 16.9 Å². The molecule has 1 aliphatic rings. The second-order valence-corrected chi connectivity index (χ2v) is 6.35. The Kier molecular flexibility index (Phi) is 2.39. The summed E-state index contributed by atoms with van der Waals surface area (Å²) in [6, 6.07) is 4.08. The van der Waals surface area contributed by atoms with Gasteiger partial charge >= 0.3 is 0 Å². The van der Waals surface area contributed by atoms with Gasteiger partial charge in [-0.25, -0.2) is 8.42 Å². The molecule has 0 N–H and O–H groups in total. The van der Waals surface area contributed by atoms with E-state index in [1.54, 1.807) is 7.05 Å². The Morgan fingerprint density at radius 2 is 2.00 bits per heavy atom. The van der Waals surface area contributed by atoms with E-state index in [-0.39, 0.29) is 10.6 Å². The summed E-state index contributed by atoms with van der Waals surface area (Å²) >= 11 is 0. The third-order valence-corrected chi connectivity index (χ3v) is 5.10. The smallest absolute Gasteiger partial charge is 0.269 e. The maximum Gasteiger partial charge on any atom is 0.270 e. The van der Waals surface area contributed by atoms with Crippen LogP contribution in [0.3, 0.4) is 0 Å². The van der Waals surface area contributed by atoms with Crippen molar-refractivity contribution >= 4 is 21.4 Å². The molecule has 2 heterocycles. The van der Waals surface area contributed by atoms with Crippen LogP contribution in [0, 0.1) is 10.1 Å². The van der Waals surface area contributed by atoms with E-state index >= 15 is 0 Å². The van der Waals surface area contributed by atoms with Crippen molar-refractivity contribution in [3.63, 3.8) is 0 Å². The van der Waals surface area contributed by atoms with Crippen molar-refractivity contribution in [1.29, 1.82) is 0 Å². The average Bonchev–Trinajstić information content (AvgIpc) is 2.78. The van der Waals surface area contributed by atoms with Crippen molar-refractivity contribution < 1.29 is 13.3 Å². The number of hydrogen-bond donors (Lipinski definition) is 0. The standard InChI is InChI=1S/C11H10N4O4S/c1-13-11-8-5-7(15(16)17)3-4-9(8)14(2)20(18,19)10(11)6-12-13/h3-6H,1-2H3. The molecule has 0 saturated heterocycles. The van der Waals surface area contributed by atoms with E-state index in [4.69, 9.17) is 0 Å². The predicted octanol–water partition coefficient (Wildman–Crippen LogP) is 1.13. The SMILES string of the molecule is CN1c2ccc([N+](=O)[O-])cc2-c2c(cnn2C)S1(=O)=O. The van der Waals surface area contributed by atoms with Gasteiger partial charge in [0.05, 0.1) is 22.5 Å². The van der Waals surface area contributed by atoms with Crippen LogP contribution in [0.25, 0.3) is 11.3 Å².